The van der Waals surface area contributed by atoms with Crippen LogP contribution in [0.15, 0.2) is 36.3 Å². The quantitative estimate of drug-likeness (QED) is 0.730. The first kappa shape index (κ1) is 14.7. The summed E-state index contributed by atoms with van der Waals surface area (Å²) in [5, 5.41) is 0. The molecule has 0 spiro atoms. The molecule has 100 valence electrons. The molecule has 1 rings (SSSR count). The maximum atomic E-state index is 12.4. The number of hydrogen-bond donors (Lipinski definition) is 0. The number of ether oxygens (including phenoxy) is 1. The fraction of sp³-hybridized carbons (Fsp3) is 0.385. The van der Waals surface area contributed by atoms with Crippen LogP contribution in [0.1, 0.15) is 26.3 Å². The molecule has 0 saturated carbocycles. The normalized spacial score (nSPS) is 12.3. The number of benzene rings is 1. The van der Waals surface area contributed by atoms with Gasteiger partial charge in [-0.2, -0.15) is 0 Å². The van der Waals surface area contributed by atoms with Crippen molar-refractivity contribution in [3.05, 3.63) is 41.9 Å². The van der Waals surface area contributed by atoms with Crippen molar-refractivity contribution in [1.29, 1.82) is 0 Å². The molecule has 0 aliphatic carbocycles. The molecular formula is C13H17BF3O-. The predicted octanol–water partition coefficient (Wildman–Crippen LogP) is 4.31. The summed E-state index contributed by atoms with van der Waals surface area (Å²) in [5.41, 5.74) is -0.118. The van der Waals surface area contributed by atoms with Gasteiger partial charge in [0.1, 0.15) is 5.75 Å². The molecule has 5 heteroatoms. The van der Waals surface area contributed by atoms with E-state index in [9.17, 15) is 12.9 Å². The van der Waals surface area contributed by atoms with Crippen molar-refractivity contribution in [2.24, 2.45) is 0 Å². The summed E-state index contributed by atoms with van der Waals surface area (Å²) in [6.07, 6.45) is 0. The summed E-state index contributed by atoms with van der Waals surface area (Å²) in [4.78, 5) is 0. The molecule has 0 amide bonds. The van der Waals surface area contributed by atoms with Gasteiger partial charge < -0.3 is 17.7 Å². The molecule has 0 saturated heterocycles. The minimum atomic E-state index is -5.03. The Bertz CT molecular complexity index is 433. The van der Waals surface area contributed by atoms with Crippen molar-refractivity contribution >= 4 is 6.98 Å². The molecule has 0 bridgehead atoms. The van der Waals surface area contributed by atoms with Crippen LogP contribution in [0.5, 0.6) is 5.75 Å². The molecule has 0 fully saturated rings. The minimum Gasteiger partial charge on any atom is -0.492 e. The van der Waals surface area contributed by atoms with Gasteiger partial charge in [0, 0.05) is 0 Å². The van der Waals surface area contributed by atoms with Gasteiger partial charge in [-0.15, -0.1) is 12.1 Å². The van der Waals surface area contributed by atoms with E-state index in [1.54, 1.807) is 12.1 Å². The molecule has 1 aromatic rings. The highest BCUT2D eigenvalue weighted by Gasteiger charge is 2.27. The smallest absolute Gasteiger partial charge is 0.492 e. The standard InChI is InChI=1S/C13H17BF3O/c1-10(14(15,16)17)9-18-12-8-6-5-7-11(12)13(2,3)4/h5-8H,1,9H2,2-4H3/q-1. The van der Waals surface area contributed by atoms with E-state index in [1.165, 1.54) is 0 Å². The van der Waals surface area contributed by atoms with Crippen LogP contribution in [-0.2, 0) is 5.41 Å². The van der Waals surface area contributed by atoms with Gasteiger partial charge in [-0.3, -0.25) is 0 Å². The molecule has 0 N–H and O–H groups in total. The van der Waals surface area contributed by atoms with E-state index in [-0.39, 0.29) is 5.41 Å². The molecule has 0 heterocycles. The Labute approximate surface area is 106 Å². The third kappa shape index (κ3) is 3.82. The molecular weight excluding hydrogens is 240 g/mol. The molecule has 0 aliphatic heterocycles. The fourth-order valence-corrected chi connectivity index (χ4v) is 1.48. The van der Waals surface area contributed by atoms with Crippen LogP contribution in [0.3, 0.4) is 0 Å². The Morgan fingerprint density at radius 1 is 1.22 bits per heavy atom. The summed E-state index contributed by atoms with van der Waals surface area (Å²) in [5.74, 6) is 0.478. The Morgan fingerprint density at radius 3 is 2.28 bits per heavy atom. The van der Waals surface area contributed by atoms with E-state index >= 15 is 0 Å². The first-order chi connectivity index (χ1) is 8.12. The van der Waals surface area contributed by atoms with Crippen LogP contribution in [0.25, 0.3) is 0 Å². The lowest BCUT2D eigenvalue weighted by atomic mass is 9.81. The average molecular weight is 257 g/mol. The number of hydrogen-bond acceptors (Lipinski definition) is 1. The van der Waals surface area contributed by atoms with Crippen molar-refractivity contribution in [2.75, 3.05) is 6.61 Å². The van der Waals surface area contributed by atoms with E-state index in [1.807, 2.05) is 32.9 Å². The third-order valence-corrected chi connectivity index (χ3v) is 2.57. The lowest BCUT2D eigenvalue weighted by Crippen LogP contribution is -2.24. The third-order valence-electron chi connectivity index (χ3n) is 2.57. The van der Waals surface area contributed by atoms with Crippen LogP contribution in [-0.4, -0.2) is 13.6 Å². The zero-order valence-electron chi connectivity index (χ0n) is 10.8. The van der Waals surface area contributed by atoms with Gasteiger partial charge in [-0.05, 0) is 17.0 Å². The second-order valence-electron chi connectivity index (χ2n) is 5.27. The molecule has 1 aromatic carbocycles. The summed E-state index contributed by atoms with van der Waals surface area (Å²) < 4.78 is 42.4. The topological polar surface area (TPSA) is 9.23 Å². The maximum Gasteiger partial charge on any atom is 0.508 e. The second-order valence-corrected chi connectivity index (χ2v) is 5.27. The van der Waals surface area contributed by atoms with Crippen LogP contribution >= 0.6 is 0 Å². The number of halogens is 3. The highest BCUT2D eigenvalue weighted by Crippen LogP contribution is 2.31. The Kier molecular flexibility index (Phi) is 4.14. The van der Waals surface area contributed by atoms with Crippen LogP contribution < -0.4 is 4.74 Å². The second kappa shape index (κ2) is 5.08. The van der Waals surface area contributed by atoms with E-state index in [0.717, 1.165) is 5.56 Å². The van der Waals surface area contributed by atoms with Crippen molar-refractivity contribution in [1.82, 2.24) is 0 Å². The fourth-order valence-electron chi connectivity index (χ4n) is 1.48. The molecule has 0 atom stereocenters. The first-order valence-electron chi connectivity index (χ1n) is 5.72. The molecule has 18 heavy (non-hydrogen) atoms. The van der Waals surface area contributed by atoms with Crippen LogP contribution in [0, 0.1) is 0 Å². The average Bonchev–Trinajstić information content (AvgIpc) is 2.23. The predicted molar refractivity (Wildman–Crippen MR) is 68.9 cm³/mol. The van der Waals surface area contributed by atoms with Crippen molar-refractivity contribution < 1.29 is 17.7 Å². The van der Waals surface area contributed by atoms with E-state index in [0.29, 0.717) is 5.75 Å². The molecule has 0 aliphatic rings. The van der Waals surface area contributed by atoms with Gasteiger partial charge in [0.2, 0.25) is 0 Å². The zero-order chi connectivity index (χ0) is 14.0. The summed E-state index contributed by atoms with van der Waals surface area (Å²) >= 11 is 0. The lowest BCUT2D eigenvalue weighted by molar-refractivity contribution is 0.337. The Hall–Kier alpha value is -1.39. The van der Waals surface area contributed by atoms with Gasteiger partial charge in [-0.1, -0.05) is 39.0 Å². The highest BCUT2D eigenvalue weighted by atomic mass is 19.4. The molecule has 0 radical (unpaired) electrons. The summed E-state index contributed by atoms with van der Waals surface area (Å²) in [7, 11) is 0. The van der Waals surface area contributed by atoms with Crippen molar-refractivity contribution in [3.8, 4) is 5.75 Å². The molecule has 0 unspecified atom stereocenters. The van der Waals surface area contributed by atoms with Gasteiger partial charge in [0.15, 0.2) is 0 Å². The van der Waals surface area contributed by atoms with E-state index in [4.69, 9.17) is 4.74 Å². The Morgan fingerprint density at radius 2 is 1.78 bits per heavy atom. The number of rotatable bonds is 4. The van der Waals surface area contributed by atoms with Crippen molar-refractivity contribution in [3.63, 3.8) is 0 Å². The van der Waals surface area contributed by atoms with Crippen molar-refractivity contribution in [2.45, 2.75) is 26.2 Å². The monoisotopic (exact) mass is 257 g/mol. The summed E-state index contributed by atoms with van der Waals surface area (Å²) in [6, 6.07) is 7.12. The SMILES string of the molecule is C=C(COc1ccccc1C(C)(C)C)[B-](F)(F)F. The first-order valence-corrected chi connectivity index (χ1v) is 5.72. The molecule has 0 aromatic heterocycles. The largest absolute Gasteiger partial charge is 0.508 e. The summed E-state index contributed by atoms with van der Waals surface area (Å²) in [6.45, 7) is 3.41. The zero-order valence-corrected chi connectivity index (χ0v) is 10.8. The van der Waals surface area contributed by atoms with Gasteiger partial charge in [-0.25, -0.2) is 0 Å². The lowest BCUT2D eigenvalue weighted by Gasteiger charge is -2.24. The van der Waals surface area contributed by atoms with Gasteiger partial charge in [0.25, 0.3) is 0 Å². The van der Waals surface area contributed by atoms with Gasteiger partial charge in [0.05, 0.1) is 6.61 Å². The highest BCUT2D eigenvalue weighted by molar-refractivity contribution is 6.66. The van der Waals surface area contributed by atoms with Crippen LogP contribution in [0.2, 0.25) is 0 Å². The van der Waals surface area contributed by atoms with Gasteiger partial charge >= 0.3 is 6.98 Å². The van der Waals surface area contributed by atoms with E-state index < -0.39 is 19.1 Å². The maximum absolute atomic E-state index is 12.4. The minimum absolute atomic E-state index is 0.179. The Balaban J connectivity index is 2.84. The number of para-hydroxylation sites is 1. The molecule has 1 nitrogen and oxygen atoms in total. The van der Waals surface area contributed by atoms with Crippen LogP contribution in [0.4, 0.5) is 12.9 Å². The van der Waals surface area contributed by atoms with E-state index in [2.05, 4.69) is 6.58 Å².